The third kappa shape index (κ3) is 10.2. The van der Waals surface area contributed by atoms with Gasteiger partial charge in [-0.05, 0) is 74.8 Å². The zero-order valence-electron chi connectivity index (χ0n) is 26.3. The van der Waals surface area contributed by atoms with Gasteiger partial charge in [0.2, 0.25) is 5.91 Å². The Morgan fingerprint density at radius 2 is 1.64 bits per heavy atom. The van der Waals surface area contributed by atoms with Gasteiger partial charge in [0.05, 0.1) is 19.3 Å². The van der Waals surface area contributed by atoms with Crippen LogP contribution in [0.3, 0.4) is 0 Å². The molecule has 0 spiro atoms. The molecule has 0 aromatic heterocycles. The minimum absolute atomic E-state index is 0.190. The fraction of sp³-hybridized carbons (Fsp3) is 0.529. The van der Waals surface area contributed by atoms with E-state index in [1.807, 2.05) is 54.6 Å². The summed E-state index contributed by atoms with van der Waals surface area (Å²) in [6.07, 6.45) is 3.63. The van der Waals surface area contributed by atoms with E-state index in [0.29, 0.717) is 43.3 Å². The van der Waals surface area contributed by atoms with Crippen LogP contribution in [0.4, 0.5) is 10.5 Å². The smallest absolute Gasteiger partial charge is 0.410 e. The van der Waals surface area contributed by atoms with Gasteiger partial charge in [0, 0.05) is 24.5 Å². The number of piperidine rings is 1. The van der Waals surface area contributed by atoms with Gasteiger partial charge >= 0.3 is 18.0 Å². The SMILES string of the molecule is CCOC(=O)CN1C(=O)C(N[C@@H](CSCCC2CCN(C(=O)OCc3ccccc3)CC2)C(=O)OCC)CCc2ccccc21. The van der Waals surface area contributed by atoms with Crippen LogP contribution in [0, 0.1) is 5.92 Å². The number of benzene rings is 2. The molecule has 0 saturated carbocycles. The lowest BCUT2D eigenvalue weighted by atomic mass is 9.95. The van der Waals surface area contributed by atoms with Crippen molar-refractivity contribution >= 4 is 41.4 Å². The first-order valence-corrected chi connectivity index (χ1v) is 17.1. The van der Waals surface area contributed by atoms with E-state index in [9.17, 15) is 19.2 Å². The molecule has 2 aromatic rings. The minimum Gasteiger partial charge on any atom is -0.465 e. The van der Waals surface area contributed by atoms with E-state index < -0.39 is 18.1 Å². The monoisotopic (exact) mass is 639 g/mol. The minimum atomic E-state index is -0.671. The predicted molar refractivity (Wildman–Crippen MR) is 174 cm³/mol. The first-order chi connectivity index (χ1) is 21.9. The van der Waals surface area contributed by atoms with Crippen molar-refractivity contribution in [3.8, 4) is 0 Å². The van der Waals surface area contributed by atoms with Crippen LogP contribution in [0.5, 0.6) is 0 Å². The van der Waals surface area contributed by atoms with Crippen molar-refractivity contribution < 1.29 is 33.4 Å². The molecule has 1 saturated heterocycles. The third-order valence-electron chi connectivity index (χ3n) is 8.15. The highest BCUT2D eigenvalue weighted by Gasteiger charge is 2.35. The lowest BCUT2D eigenvalue weighted by Crippen LogP contribution is -2.53. The maximum Gasteiger partial charge on any atom is 0.410 e. The molecule has 2 heterocycles. The van der Waals surface area contributed by atoms with Gasteiger partial charge in [-0.2, -0.15) is 11.8 Å². The van der Waals surface area contributed by atoms with Gasteiger partial charge in [0.25, 0.3) is 0 Å². The van der Waals surface area contributed by atoms with Crippen LogP contribution in [0.25, 0.3) is 0 Å². The second-order valence-electron chi connectivity index (χ2n) is 11.3. The number of para-hydroxylation sites is 1. The van der Waals surface area contributed by atoms with Gasteiger partial charge in [-0.15, -0.1) is 0 Å². The Bertz CT molecular complexity index is 1270. The molecule has 0 aliphatic carbocycles. The Morgan fingerprint density at radius 1 is 0.933 bits per heavy atom. The Balaban J connectivity index is 1.26. The number of carbonyl (C=O) groups excluding carboxylic acids is 4. The zero-order chi connectivity index (χ0) is 32.0. The molecule has 2 atom stereocenters. The molecule has 2 aliphatic heterocycles. The highest BCUT2D eigenvalue weighted by molar-refractivity contribution is 7.99. The summed E-state index contributed by atoms with van der Waals surface area (Å²) in [5.74, 6) is 0.662. The lowest BCUT2D eigenvalue weighted by Gasteiger charge is -2.31. The fourth-order valence-electron chi connectivity index (χ4n) is 5.71. The van der Waals surface area contributed by atoms with Crippen LogP contribution in [0.15, 0.2) is 54.6 Å². The van der Waals surface area contributed by atoms with Crippen LogP contribution < -0.4 is 10.2 Å². The number of esters is 2. The van der Waals surface area contributed by atoms with E-state index >= 15 is 0 Å². The maximum absolute atomic E-state index is 13.7. The summed E-state index contributed by atoms with van der Waals surface area (Å²) in [7, 11) is 0. The predicted octanol–water partition coefficient (Wildman–Crippen LogP) is 4.59. The first kappa shape index (κ1) is 34.3. The fourth-order valence-corrected chi connectivity index (χ4v) is 6.84. The molecular weight excluding hydrogens is 594 g/mol. The number of likely N-dealkylation sites (tertiary alicyclic amines) is 1. The Labute approximate surface area is 270 Å². The quantitative estimate of drug-likeness (QED) is 0.180. The number of nitrogens with one attached hydrogen (secondary N) is 1. The molecule has 0 bridgehead atoms. The first-order valence-electron chi connectivity index (χ1n) is 15.9. The normalized spacial score (nSPS) is 17.6. The van der Waals surface area contributed by atoms with Gasteiger partial charge in [0.1, 0.15) is 19.2 Å². The number of hydrogen-bond acceptors (Lipinski definition) is 9. The van der Waals surface area contributed by atoms with Crippen molar-refractivity contribution in [2.75, 3.05) is 49.3 Å². The molecular formula is C34H45N3O7S. The van der Waals surface area contributed by atoms with Crippen molar-refractivity contribution in [1.29, 1.82) is 0 Å². The summed E-state index contributed by atoms with van der Waals surface area (Å²) in [5.41, 5.74) is 2.63. The van der Waals surface area contributed by atoms with E-state index in [-0.39, 0.29) is 44.3 Å². The van der Waals surface area contributed by atoms with Crippen molar-refractivity contribution in [2.24, 2.45) is 5.92 Å². The summed E-state index contributed by atoms with van der Waals surface area (Å²) in [5, 5.41) is 3.28. The molecule has 2 amide bonds. The van der Waals surface area contributed by atoms with E-state index in [4.69, 9.17) is 14.2 Å². The molecule has 4 rings (SSSR count). The Morgan fingerprint density at radius 3 is 2.38 bits per heavy atom. The van der Waals surface area contributed by atoms with Gasteiger partial charge in [-0.1, -0.05) is 48.5 Å². The average molecular weight is 640 g/mol. The molecule has 1 N–H and O–H groups in total. The topological polar surface area (TPSA) is 114 Å². The molecule has 1 fully saturated rings. The Hall–Kier alpha value is -3.57. The summed E-state index contributed by atoms with van der Waals surface area (Å²) in [6.45, 7) is 5.39. The van der Waals surface area contributed by atoms with E-state index in [1.165, 1.54) is 4.90 Å². The number of nitrogens with zero attached hydrogens (tertiary/aromatic N) is 2. The molecule has 11 heteroatoms. The van der Waals surface area contributed by atoms with Crippen LogP contribution in [-0.4, -0.2) is 85.3 Å². The van der Waals surface area contributed by atoms with Crippen molar-refractivity contribution in [3.63, 3.8) is 0 Å². The Kier molecular flexibility index (Phi) is 13.6. The number of thioether (sulfide) groups is 1. The van der Waals surface area contributed by atoms with Gasteiger partial charge in [0.15, 0.2) is 0 Å². The van der Waals surface area contributed by atoms with E-state index in [0.717, 1.165) is 36.1 Å². The number of aryl methyl sites for hydroxylation is 1. The van der Waals surface area contributed by atoms with E-state index in [2.05, 4.69) is 5.32 Å². The number of amides is 2. The van der Waals surface area contributed by atoms with Gasteiger partial charge in [-0.25, -0.2) is 4.79 Å². The highest BCUT2D eigenvalue weighted by Crippen LogP contribution is 2.28. The molecule has 2 aromatic carbocycles. The molecule has 10 nitrogen and oxygen atoms in total. The second-order valence-corrected chi connectivity index (χ2v) is 12.4. The van der Waals surface area contributed by atoms with Crippen molar-refractivity contribution in [3.05, 3.63) is 65.7 Å². The van der Waals surface area contributed by atoms with Crippen molar-refractivity contribution in [1.82, 2.24) is 10.2 Å². The van der Waals surface area contributed by atoms with Gasteiger partial charge < -0.3 is 19.1 Å². The average Bonchev–Trinajstić information content (AvgIpc) is 3.18. The zero-order valence-corrected chi connectivity index (χ0v) is 27.1. The number of rotatable bonds is 14. The summed E-state index contributed by atoms with van der Waals surface area (Å²) in [4.78, 5) is 54.9. The number of anilines is 1. The molecule has 244 valence electrons. The lowest BCUT2D eigenvalue weighted by molar-refractivity contribution is -0.146. The summed E-state index contributed by atoms with van der Waals surface area (Å²) < 4.78 is 16.0. The van der Waals surface area contributed by atoms with Crippen LogP contribution in [0.2, 0.25) is 0 Å². The van der Waals surface area contributed by atoms with Gasteiger partial charge in [-0.3, -0.25) is 24.6 Å². The third-order valence-corrected chi connectivity index (χ3v) is 9.24. The summed E-state index contributed by atoms with van der Waals surface area (Å²) in [6, 6.07) is 15.9. The number of hydrogen-bond donors (Lipinski definition) is 1. The molecule has 1 unspecified atom stereocenters. The van der Waals surface area contributed by atoms with E-state index in [1.54, 1.807) is 30.5 Å². The molecule has 2 aliphatic rings. The van der Waals surface area contributed by atoms with Crippen LogP contribution >= 0.6 is 11.8 Å². The van der Waals surface area contributed by atoms with Crippen LogP contribution in [0.1, 0.15) is 50.7 Å². The molecule has 0 radical (unpaired) electrons. The van der Waals surface area contributed by atoms with Crippen molar-refractivity contribution in [2.45, 2.75) is 64.6 Å². The maximum atomic E-state index is 13.7. The highest BCUT2D eigenvalue weighted by atomic mass is 32.2. The molecule has 45 heavy (non-hydrogen) atoms. The standard InChI is InChI=1S/C34H45N3O7S/c1-3-42-31(38)22-37-30-13-9-8-12-27(30)14-15-28(32(37)39)35-29(33(40)43-4-2)24-45-21-18-25-16-19-36(20-17-25)34(41)44-23-26-10-6-5-7-11-26/h5-13,25,28-29,35H,3-4,14-24H2,1-2H3/t28?,29-/m0/s1. The second kappa shape index (κ2) is 17.8. The van der Waals surface area contributed by atoms with Crippen LogP contribution in [-0.2, 0) is 41.6 Å². The number of carbonyl (C=O) groups is 4. The number of fused-ring (bicyclic) bond motifs is 1. The number of ether oxygens (including phenoxy) is 3. The summed E-state index contributed by atoms with van der Waals surface area (Å²) >= 11 is 1.65. The largest absolute Gasteiger partial charge is 0.465 e.